The Morgan fingerprint density at radius 3 is 2.65 bits per heavy atom. The van der Waals surface area contributed by atoms with E-state index in [9.17, 15) is 22.8 Å². The van der Waals surface area contributed by atoms with Gasteiger partial charge in [-0.15, -0.1) is 0 Å². The van der Waals surface area contributed by atoms with E-state index < -0.39 is 11.9 Å². The second kappa shape index (κ2) is 12.1. The summed E-state index contributed by atoms with van der Waals surface area (Å²) in [5.41, 5.74) is 6.62. The van der Waals surface area contributed by atoms with Crippen molar-refractivity contribution < 1.29 is 22.8 Å². The van der Waals surface area contributed by atoms with Gasteiger partial charge in [-0.05, 0) is 43.0 Å². The third kappa shape index (κ3) is 6.28. The number of aryl methyl sites for hydroxylation is 1. The third-order valence-corrected chi connectivity index (χ3v) is 7.22. The van der Waals surface area contributed by atoms with E-state index >= 15 is 0 Å². The highest BCUT2D eigenvalue weighted by Gasteiger charge is 2.38. The molecule has 1 aliphatic rings. The molecular weight excluding hydrogens is 565 g/mol. The van der Waals surface area contributed by atoms with Crippen LogP contribution in [0.1, 0.15) is 41.4 Å². The van der Waals surface area contributed by atoms with Crippen molar-refractivity contribution in [3.8, 4) is 17.3 Å². The summed E-state index contributed by atoms with van der Waals surface area (Å²) < 4.78 is 43.6. The fourth-order valence-electron chi connectivity index (χ4n) is 4.98. The van der Waals surface area contributed by atoms with Crippen molar-refractivity contribution in [2.24, 2.45) is 11.7 Å². The first-order chi connectivity index (χ1) is 20.6. The summed E-state index contributed by atoms with van der Waals surface area (Å²) in [5.74, 6) is -0.103. The maximum Gasteiger partial charge on any atom is 0.435 e. The van der Waals surface area contributed by atoms with Gasteiger partial charge in [0, 0.05) is 54.9 Å². The van der Waals surface area contributed by atoms with Gasteiger partial charge in [0.2, 0.25) is 5.91 Å². The molecule has 43 heavy (non-hydrogen) atoms. The van der Waals surface area contributed by atoms with Crippen LogP contribution in [-0.4, -0.2) is 55.1 Å². The number of alkyl halides is 3. The lowest BCUT2D eigenvalue weighted by Crippen LogP contribution is -2.46. The summed E-state index contributed by atoms with van der Waals surface area (Å²) in [6, 6.07) is 7.02. The molecule has 3 heterocycles. The van der Waals surface area contributed by atoms with Crippen LogP contribution in [0.5, 0.6) is 0 Å². The molecule has 0 radical (unpaired) electrons. The molecule has 224 valence electrons. The molecule has 1 aliphatic carbocycles. The summed E-state index contributed by atoms with van der Waals surface area (Å²) >= 11 is 0. The van der Waals surface area contributed by atoms with Gasteiger partial charge < -0.3 is 21.7 Å². The van der Waals surface area contributed by atoms with Crippen molar-refractivity contribution >= 4 is 29.0 Å². The van der Waals surface area contributed by atoms with E-state index in [-0.39, 0.29) is 59.6 Å². The number of rotatable bonds is 10. The molecule has 2 amide bonds. The van der Waals surface area contributed by atoms with Gasteiger partial charge in [0.25, 0.3) is 5.91 Å². The topological polar surface area (TPSA) is 168 Å². The van der Waals surface area contributed by atoms with E-state index in [4.69, 9.17) is 11.0 Å². The first-order valence-electron chi connectivity index (χ1n) is 13.6. The first kappa shape index (κ1) is 29.5. The minimum Gasteiger partial charge on any atom is -0.354 e. The molecular formula is C28H29F3N10O2. The molecule has 0 unspecified atom stereocenters. The molecule has 0 atom stereocenters. The lowest BCUT2D eigenvalue weighted by molar-refractivity contribution is -0.141. The van der Waals surface area contributed by atoms with Crippen molar-refractivity contribution in [3.05, 3.63) is 59.8 Å². The Balaban J connectivity index is 1.30. The number of anilines is 2. The molecule has 0 saturated heterocycles. The van der Waals surface area contributed by atoms with E-state index in [1.165, 1.54) is 29.2 Å². The number of hydrogen-bond donors (Lipinski definition) is 4. The molecule has 5 rings (SSSR count). The normalized spacial score (nSPS) is 16.4. The predicted octanol–water partition coefficient (Wildman–Crippen LogP) is 3.02. The fourth-order valence-corrected chi connectivity index (χ4v) is 4.98. The van der Waals surface area contributed by atoms with Crippen molar-refractivity contribution in [1.29, 1.82) is 5.26 Å². The van der Waals surface area contributed by atoms with Gasteiger partial charge in [-0.1, -0.05) is 6.92 Å². The average Bonchev–Trinajstić information content (AvgIpc) is 3.58. The first-order valence-corrected chi connectivity index (χ1v) is 13.6. The van der Waals surface area contributed by atoms with E-state index in [2.05, 4.69) is 31.0 Å². The lowest BCUT2D eigenvalue weighted by Gasteiger charge is -2.31. The van der Waals surface area contributed by atoms with Crippen molar-refractivity contribution in [2.45, 2.75) is 44.9 Å². The van der Waals surface area contributed by atoms with Gasteiger partial charge in [-0.25, -0.2) is 9.97 Å². The quantitative estimate of drug-likeness (QED) is 0.203. The molecule has 0 bridgehead atoms. The van der Waals surface area contributed by atoms with Crippen LogP contribution in [0, 0.1) is 17.2 Å². The van der Waals surface area contributed by atoms with Crippen LogP contribution in [0.15, 0.2) is 43.0 Å². The van der Waals surface area contributed by atoms with Gasteiger partial charge in [0.15, 0.2) is 17.2 Å². The number of imidazole rings is 1. The second-order valence-electron chi connectivity index (χ2n) is 10.2. The average molecular weight is 595 g/mol. The number of nitrogens with zero attached hydrogens (tertiary/aromatic N) is 6. The zero-order chi connectivity index (χ0) is 30.7. The Labute approximate surface area is 244 Å². The van der Waals surface area contributed by atoms with Gasteiger partial charge in [-0.2, -0.15) is 23.5 Å². The minimum atomic E-state index is -4.74. The van der Waals surface area contributed by atoms with E-state index in [1.54, 1.807) is 24.3 Å². The molecule has 3 aromatic heterocycles. The Kier molecular flexibility index (Phi) is 8.31. The number of carbonyl (C=O) groups is 2. The Morgan fingerprint density at radius 2 is 1.95 bits per heavy atom. The summed E-state index contributed by atoms with van der Waals surface area (Å²) in [7, 11) is 0. The zero-order valence-electron chi connectivity index (χ0n) is 23.1. The largest absolute Gasteiger partial charge is 0.435 e. The third-order valence-electron chi connectivity index (χ3n) is 7.22. The van der Waals surface area contributed by atoms with Gasteiger partial charge in [0.05, 0.1) is 23.5 Å². The van der Waals surface area contributed by atoms with Gasteiger partial charge in [0.1, 0.15) is 6.54 Å². The smallest absolute Gasteiger partial charge is 0.354 e. The van der Waals surface area contributed by atoms with Crippen molar-refractivity contribution in [3.63, 3.8) is 0 Å². The van der Waals surface area contributed by atoms with Crippen LogP contribution in [0.3, 0.4) is 0 Å². The molecule has 5 N–H and O–H groups in total. The number of nitriles is 1. The summed E-state index contributed by atoms with van der Waals surface area (Å²) in [4.78, 5) is 33.5. The number of halogens is 3. The number of benzene rings is 1. The minimum absolute atomic E-state index is 0.0521. The number of aromatic nitrogens is 5. The van der Waals surface area contributed by atoms with Crippen LogP contribution in [0.4, 0.5) is 24.7 Å². The van der Waals surface area contributed by atoms with Gasteiger partial charge in [-0.3, -0.25) is 18.7 Å². The van der Waals surface area contributed by atoms with Crippen LogP contribution in [0.2, 0.25) is 0 Å². The molecule has 0 spiro atoms. The SMILES string of the molecule is CCc1cc(Nc2nccn3c(-c4cn(CC#N)nc4C(F)(F)F)cnc23)ccc1C(=O)NCCNC(=O)[C@H]1C[C@@H](N)C1. The van der Waals surface area contributed by atoms with E-state index in [1.807, 2.05) is 6.92 Å². The van der Waals surface area contributed by atoms with Crippen molar-refractivity contribution in [1.82, 2.24) is 34.8 Å². The molecule has 1 aromatic carbocycles. The standard InChI is InChI=1S/C28H29F3N10O2/c1-2-16-13-19(3-4-20(16)27(43)36-7-6-35-26(42)17-11-18(33)12-17)38-24-25-37-14-22(41(25)10-8-34-24)21-15-40(9-5-32)39-23(21)28(29,30)31/h3-4,8,10,13-15,17-18H,2,6-7,9,11-12,33H2,1H3,(H,34,38)(H,35,42)(H,36,43)/t17-,18+. The highest BCUT2D eigenvalue weighted by Crippen LogP contribution is 2.37. The highest BCUT2D eigenvalue weighted by molar-refractivity contribution is 5.96. The van der Waals surface area contributed by atoms with E-state index in [0.29, 0.717) is 37.1 Å². The Hall–Kier alpha value is -4.97. The number of nitrogens with two attached hydrogens (primary N) is 1. The molecule has 12 nitrogen and oxygen atoms in total. The fraction of sp³-hybridized carbons (Fsp3) is 0.357. The zero-order valence-corrected chi connectivity index (χ0v) is 23.1. The lowest BCUT2D eigenvalue weighted by atomic mass is 9.80. The highest BCUT2D eigenvalue weighted by atomic mass is 19.4. The maximum atomic E-state index is 13.7. The van der Waals surface area contributed by atoms with Crippen molar-refractivity contribution in [2.75, 3.05) is 18.4 Å². The summed E-state index contributed by atoms with van der Waals surface area (Å²) in [6.07, 6.45) is 2.54. The number of hydrogen-bond acceptors (Lipinski definition) is 8. The number of fused-ring (bicyclic) bond motifs is 1. The van der Waals surface area contributed by atoms with Gasteiger partial charge >= 0.3 is 6.18 Å². The number of carbonyl (C=O) groups excluding carboxylic acids is 2. The van der Waals surface area contributed by atoms with Crippen LogP contribution in [0.25, 0.3) is 16.9 Å². The number of nitrogens with one attached hydrogen (secondary N) is 3. The predicted molar refractivity (Wildman–Crippen MR) is 150 cm³/mol. The molecule has 1 saturated carbocycles. The van der Waals surface area contributed by atoms with Crippen LogP contribution in [-0.2, 0) is 23.9 Å². The molecule has 1 fully saturated rings. The monoisotopic (exact) mass is 594 g/mol. The van der Waals surface area contributed by atoms with Crippen LogP contribution >= 0.6 is 0 Å². The molecule has 15 heteroatoms. The van der Waals surface area contributed by atoms with E-state index in [0.717, 1.165) is 10.2 Å². The Bertz CT molecular complexity index is 1700. The maximum absolute atomic E-state index is 13.7. The summed E-state index contributed by atoms with van der Waals surface area (Å²) in [6.45, 7) is 2.15. The summed E-state index contributed by atoms with van der Waals surface area (Å²) in [5, 5.41) is 21.3. The Morgan fingerprint density at radius 1 is 1.19 bits per heavy atom. The second-order valence-corrected chi connectivity index (χ2v) is 10.2. The van der Waals surface area contributed by atoms with Crippen LogP contribution < -0.4 is 21.7 Å². The number of amides is 2. The molecule has 0 aliphatic heterocycles. The molecule has 4 aromatic rings.